The fraction of sp³-hybridized carbons (Fsp3) is 0.190. The van der Waals surface area contributed by atoms with Crippen LogP contribution in [-0.4, -0.2) is 35.6 Å². The quantitative estimate of drug-likeness (QED) is 0.370. The first-order valence-corrected chi connectivity index (χ1v) is 12.0. The van der Waals surface area contributed by atoms with Crippen molar-refractivity contribution in [2.45, 2.75) is 29.1 Å². The molecule has 0 saturated carbocycles. The van der Waals surface area contributed by atoms with Gasteiger partial charge < -0.3 is 9.73 Å². The summed E-state index contributed by atoms with van der Waals surface area (Å²) < 4.78 is 69.4. The van der Waals surface area contributed by atoms with Crippen LogP contribution in [-0.2, 0) is 14.6 Å². The molecule has 12 heteroatoms. The molecule has 4 rings (SSSR count). The summed E-state index contributed by atoms with van der Waals surface area (Å²) in [7, 11) is -3.78. The standard InChI is InChI=1S/C21H16F3N3O4S2/c1-3-33(29,30)18-9-12-8-13(25-11(2)28)4-6-15(12)26-19(18)20-27-16-10-14(32-21(22,23)24)5-7-17(16)31-20/h4-10H,3H2,1-2H3,(H,25,28). The van der Waals surface area contributed by atoms with Crippen molar-refractivity contribution in [2.24, 2.45) is 0 Å². The molecule has 2 aromatic carbocycles. The van der Waals surface area contributed by atoms with E-state index in [2.05, 4.69) is 15.3 Å². The van der Waals surface area contributed by atoms with Crippen LogP contribution in [0.1, 0.15) is 13.8 Å². The first-order valence-electron chi connectivity index (χ1n) is 9.57. The van der Waals surface area contributed by atoms with Gasteiger partial charge in [-0.2, -0.15) is 13.2 Å². The Morgan fingerprint density at radius 2 is 1.85 bits per heavy atom. The number of hydrogen-bond donors (Lipinski definition) is 1. The van der Waals surface area contributed by atoms with Gasteiger partial charge in [0.25, 0.3) is 0 Å². The van der Waals surface area contributed by atoms with Crippen molar-refractivity contribution in [1.29, 1.82) is 0 Å². The molecular formula is C21H16F3N3O4S2. The van der Waals surface area contributed by atoms with E-state index in [0.29, 0.717) is 16.6 Å². The number of carbonyl (C=O) groups is 1. The number of aromatic nitrogens is 2. The van der Waals surface area contributed by atoms with E-state index in [1.165, 1.54) is 38.1 Å². The number of sulfone groups is 1. The third-order valence-electron chi connectivity index (χ3n) is 4.61. The van der Waals surface area contributed by atoms with Gasteiger partial charge in [-0.05, 0) is 54.2 Å². The molecule has 0 aliphatic carbocycles. The van der Waals surface area contributed by atoms with Gasteiger partial charge in [-0.25, -0.2) is 18.4 Å². The van der Waals surface area contributed by atoms with Crippen LogP contribution < -0.4 is 5.32 Å². The van der Waals surface area contributed by atoms with E-state index >= 15 is 0 Å². The third kappa shape index (κ3) is 4.96. The normalized spacial score (nSPS) is 12.4. The van der Waals surface area contributed by atoms with Gasteiger partial charge >= 0.3 is 5.51 Å². The molecule has 0 atom stereocenters. The van der Waals surface area contributed by atoms with Crippen LogP contribution in [0, 0.1) is 0 Å². The van der Waals surface area contributed by atoms with E-state index in [0.717, 1.165) is 0 Å². The highest BCUT2D eigenvalue weighted by Gasteiger charge is 2.30. The van der Waals surface area contributed by atoms with E-state index in [-0.39, 0.29) is 55.9 Å². The van der Waals surface area contributed by atoms with Crippen LogP contribution in [0.5, 0.6) is 0 Å². The van der Waals surface area contributed by atoms with Crippen molar-refractivity contribution in [1.82, 2.24) is 9.97 Å². The molecule has 33 heavy (non-hydrogen) atoms. The topological polar surface area (TPSA) is 102 Å². The highest BCUT2D eigenvalue weighted by molar-refractivity contribution is 8.00. The minimum atomic E-state index is -4.46. The smallest absolute Gasteiger partial charge is 0.435 e. The fourth-order valence-electron chi connectivity index (χ4n) is 3.19. The van der Waals surface area contributed by atoms with Gasteiger partial charge in [0.1, 0.15) is 11.2 Å². The van der Waals surface area contributed by atoms with E-state index in [1.54, 1.807) is 18.2 Å². The highest BCUT2D eigenvalue weighted by Crippen LogP contribution is 2.39. The highest BCUT2D eigenvalue weighted by atomic mass is 32.2. The molecular weight excluding hydrogens is 479 g/mol. The average Bonchev–Trinajstić information content (AvgIpc) is 3.14. The van der Waals surface area contributed by atoms with Crippen molar-refractivity contribution in [3.05, 3.63) is 42.5 Å². The van der Waals surface area contributed by atoms with Crippen LogP contribution in [0.3, 0.4) is 0 Å². The predicted octanol–water partition coefficient (Wildman–Crippen LogP) is 5.41. The Hall–Kier alpha value is -3.12. The zero-order valence-electron chi connectivity index (χ0n) is 17.2. The Morgan fingerprint density at radius 1 is 1.09 bits per heavy atom. The van der Waals surface area contributed by atoms with Gasteiger partial charge in [-0.15, -0.1) is 0 Å². The zero-order chi connectivity index (χ0) is 24.0. The minimum absolute atomic E-state index is 0.0437. The van der Waals surface area contributed by atoms with Gasteiger partial charge in [0.15, 0.2) is 15.4 Å². The summed E-state index contributed by atoms with van der Waals surface area (Å²) in [6.07, 6.45) is 0. The molecule has 0 saturated heterocycles. The summed E-state index contributed by atoms with van der Waals surface area (Å²) >= 11 is -0.284. The number of fused-ring (bicyclic) bond motifs is 2. The van der Waals surface area contributed by atoms with Crippen LogP contribution in [0.2, 0.25) is 0 Å². The third-order valence-corrected chi connectivity index (χ3v) is 7.07. The molecule has 1 N–H and O–H groups in total. The molecule has 7 nitrogen and oxygen atoms in total. The first-order chi connectivity index (χ1) is 15.4. The number of thioether (sulfide) groups is 1. The molecule has 0 fully saturated rings. The van der Waals surface area contributed by atoms with Crippen molar-refractivity contribution in [2.75, 3.05) is 11.1 Å². The fourth-order valence-corrected chi connectivity index (χ4v) is 4.81. The SMILES string of the molecule is CCS(=O)(=O)c1cc2cc(NC(C)=O)ccc2nc1-c1nc2cc(SC(F)(F)F)ccc2o1. The number of alkyl halides is 3. The second kappa shape index (κ2) is 8.34. The van der Waals surface area contributed by atoms with Crippen molar-refractivity contribution in [3.8, 4) is 11.6 Å². The molecule has 0 bridgehead atoms. The summed E-state index contributed by atoms with van der Waals surface area (Å²) in [5.41, 5.74) is -3.27. The van der Waals surface area contributed by atoms with E-state index in [1.807, 2.05) is 0 Å². The summed E-state index contributed by atoms with van der Waals surface area (Å²) in [6.45, 7) is 2.83. The molecule has 0 aliphatic rings. The molecule has 0 radical (unpaired) electrons. The maximum Gasteiger partial charge on any atom is 0.446 e. The second-order valence-electron chi connectivity index (χ2n) is 7.02. The van der Waals surface area contributed by atoms with Crippen molar-refractivity contribution >= 4 is 55.2 Å². The second-order valence-corrected chi connectivity index (χ2v) is 10.4. The van der Waals surface area contributed by atoms with Gasteiger partial charge in [0.05, 0.1) is 16.2 Å². The Morgan fingerprint density at radius 3 is 2.52 bits per heavy atom. The van der Waals surface area contributed by atoms with Crippen LogP contribution in [0.4, 0.5) is 18.9 Å². The number of halogens is 3. The summed E-state index contributed by atoms with van der Waals surface area (Å²) in [5, 5.41) is 3.09. The lowest BCUT2D eigenvalue weighted by Gasteiger charge is -2.10. The summed E-state index contributed by atoms with van der Waals surface area (Å²) in [4.78, 5) is 19.8. The van der Waals surface area contributed by atoms with Crippen molar-refractivity contribution < 1.29 is 30.8 Å². The molecule has 4 aromatic rings. The number of anilines is 1. The number of rotatable bonds is 5. The van der Waals surface area contributed by atoms with Crippen LogP contribution in [0.25, 0.3) is 33.6 Å². The minimum Gasteiger partial charge on any atom is -0.435 e. The largest absolute Gasteiger partial charge is 0.446 e. The summed E-state index contributed by atoms with van der Waals surface area (Å²) in [5.74, 6) is -0.626. The van der Waals surface area contributed by atoms with E-state index < -0.39 is 15.3 Å². The maximum absolute atomic E-state index is 12.8. The molecule has 0 spiro atoms. The number of carbonyl (C=O) groups excluding carboxylic acids is 1. The van der Waals surface area contributed by atoms with Gasteiger partial charge in [-0.1, -0.05) is 6.92 Å². The van der Waals surface area contributed by atoms with Gasteiger partial charge in [0.2, 0.25) is 11.8 Å². The number of hydrogen-bond acceptors (Lipinski definition) is 7. The number of nitrogens with zero attached hydrogens (tertiary/aromatic N) is 2. The molecule has 1 amide bonds. The Bertz CT molecular complexity index is 1500. The molecule has 2 heterocycles. The average molecular weight is 496 g/mol. The van der Waals surface area contributed by atoms with E-state index in [9.17, 15) is 26.4 Å². The van der Waals surface area contributed by atoms with Crippen LogP contribution in [0.15, 0.2) is 56.7 Å². The van der Waals surface area contributed by atoms with Crippen LogP contribution >= 0.6 is 11.8 Å². The predicted molar refractivity (Wildman–Crippen MR) is 119 cm³/mol. The number of oxazole rings is 1. The number of nitrogens with one attached hydrogen (secondary N) is 1. The van der Waals surface area contributed by atoms with Crippen molar-refractivity contribution in [3.63, 3.8) is 0 Å². The Labute approximate surface area is 190 Å². The maximum atomic E-state index is 12.8. The zero-order valence-corrected chi connectivity index (χ0v) is 18.9. The molecule has 0 unspecified atom stereocenters. The number of amides is 1. The van der Waals surface area contributed by atoms with E-state index in [4.69, 9.17) is 4.42 Å². The molecule has 0 aliphatic heterocycles. The van der Waals surface area contributed by atoms with Gasteiger partial charge in [0, 0.05) is 22.9 Å². The first kappa shape index (κ1) is 23.1. The lowest BCUT2D eigenvalue weighted by molar-refractivity contribution is -0.114. The lowest BCUT2D eigenvalue weighted by Crippen LogP contribution is -2.08. The molecule has 172 valence electrons. The summed E-state index contributed by atoms with van der Waals surface area (Å²) in [6, 6.07) is 10.0. The lowest BCUT2D eigenvalue weighted by atomic mass is 10.1. The molecule has 2 aromatic heterocycles. The Kier molecular flexibility index (Phi) is 5.83. The van der Waals surface area contributed by atoms with Gasteiger partial charge in [-0.3, -0.25) is 4.79 Å². The number of pyridine rings is 1. The Balaban J connectivity index is 1.88. The number of benzene rings is 2. The monoisotopic (exact) mass is 495 g/mol.